The van der Waals surface area contributed by atoms with E-state index in [1.807, 2.05) is 38.1 Å². The topological polar surface area (TPSA) is 79.8 Å². The lowest BCUT2D eigenvalue weighted by Gasteiger charge is -2.20. The van der Waals surface area contributed by atoms with E-state index >= 15 is 0 Å². The van der Waals surface area contributed by atoms with Gasteiger partial charge in [0.2, 0.25) is 0 Å². The van der Waals surface area contributed by atoms with Crippen LogP contribution >= 0.6 is 23.2 Å². The van der Waals surface area contributed by atoms with Gasteiger partial charge in [0, 0.05) is 26.7 Å². The van der Waals surface area contributed by atoms with Crippen LogP contribution in [0, 0.1) is 5.92 Å². The van der Waals surface area contributed by atoms with E-state index in [2.05, 4.69) is 15.8 Å². The number of rotatable bonds is 9. The van der Waals surface area contributed by atoms with Crippen LogP contribution < -0.4 is 15.5 Å². The van der Waals surface area contributed by atoms with Gasteiger partial charge in [-0.1, -0.05) is 73.4 Å². The van der Waals surface area contributed by atoms with Gasteiger partial charge in [-0.3, -0.25) is 9.59 Å². The normalized spacial score (nSPS) is 11.9. The number of carbonyl (C=O) groups excluding carboxylic acids is 2. The van der Waals surface area contributed by atoms with Gasteiger partial charge in [0.25, 0.3) is 11.8 Å². The van der Waals surface area contributed by atoms with Crippen molar-refractivity contribution < 1.29 is 14.3 Å². The maximum atomic E-state index is 12.7. The second-order valence-electron chi connectivity index (χ2n) is 7.86. The molecule has 6 nitrogen and oxygen atoms in total. The summed E-state index contributed by atoms with van der Waals surface area (Å²) in [6.45, 7) is 3.95. The number of ether oxygens (including phenoxy) is 1. The summed E-state index contributed by atoms with van der Waals surface area (Å²) in [6, 6.07) is 20.5. The third-order valence-corrected chi connectivity index (χ3v) is 5.57. The molecule has 0 aliphatic heterocycles. The molecule has 0 saturated carbocycles. The molecule has 34 heavy (non-hydrogen) atoms. The number of benzene rings is 3. The van der Waals surface area contributed by atoms with E-state index in [0.29, 0.717) is 26.9 Å². The SMILES string of the molecule is CC(C)C(NC(=O)c1ccccc1)C(=O)NN=Cc1cc(Cl)ccc1OCc1ccccc1Cl. The van der Waals surface area contributed by atoms with Crippen LogP contribution in [-0.2, 0) is 11.4 Å². The van der Waals surface area contributed by atoms with Gasteiger partial charge in [-0.25, -0.2) is 5.43 Å². The highest BCUT2D eigenvalue weighted by Crippen LogP contribution is 2.24. The third kappa shape index (κ3) is 7.07. The first-order valence-corrected chi connectivity index (χ1v) is 11.5. The molecular weight excluding hydrogens is 473 g/mol. The number of nitrogens with one attached hydrogen (secondary N) is 2. The largest absolute Gasteiger partial charge is 0.488 e. The van der Waals surface area contributed by atoms with Crippen molar-refractivity contribution in [3.63, 3.8) is 0 Å². The summed E-state index contributed by atoms with van der Waals surface area (Å²) in [5.41, 5.74) is 4.39. The van der Waals surface area contributed by atoms with Gasteiger partial charge in [-0.2, -0.15) is 5.10 Å². The Hall–Kier alpha value is -3.35. The fourth-order valence-corrected chi connectivity index (χ4v) is 3.48. The lowest BCUT2D eigenvalue weighted by Crippen LogP contribution is -2.48. The summed E-state index contributed by atoms with van der Waals surface area (Å²) < 4.78 is 5.90. The van der Waals surface area contributed by atoms with E-state index in [1.54, 1.807) is 48.5 Å². The number of hydrazone groups is 1. The fraction of sp³-hybridized carbons (Fsp3) is 0.192. The second-order valence-corrected chi connectivity index (χ2v) is 8.70. The van der Waals surface area contributed by atoms with Crippen LogP contribution in [0.2, 0.25) is 10.0 Å². The molecule has 3 rings (SSSR count). The van der Waals surface area contributed by atoms with Crippen molar-refractivity contribution >= 4 is 41.2 Å². The Kier molecular flexibility index (Phi) is 9.08. The number of carbonyl (C=O) groups is 2. The van der Waals surface area contributed by atoms with Gasteiger partial charge in [-0.05, 0) is 42.3 Å². The monoisotopic (exact) mass is 497 g/mol. The first kappa shape index (κ1) is 25.3. The molecule has 1 atom stereocenters. The van der Waals surface area contributed by atoms with Crippen molar-refractivity contribution in [2.24, 2.45) is 11.0 Å². The molecule has 3 aromatic carbocycles. The lowest BCUT2D eigenvalue weighted by molar-refractivity contribution is -0.123. The van der Waals surface area contributed by atoms with E-state index in [1.165, 1.54) is 6.21 Å². The minimum absolute atomic E-state index is 0.149. The average Bonchev–Trinajstić information content (AvgIpc) is 2.83. The standard InChI is InChI=1S/C26H25Cl2N3O3/c1-17(2)24(30-25(32)18-8-4-3-5-9-18)26(33)31-29-15-20-14-21(27)12-13-23(20)34-16-19-10-6-7-11-22(19)28/h3-15,17,24H,16H2,1-2H3,(H,30,32)(H,31,33). The maximum Gasteiger partial charge on any atom is 0.262 e. The zero-order chi connectivity index (χ0) is 24.5. The number of hydrogen-bond acceptors (Lipinski definition) is 4. The number of halogens is 2. The highest BCUT2D eigenvalue weighted by molar-refractivity contribution is 6.31. The molecule has 176 valence electrons. The molecule has 2 amide bonds. The summed E-state index contributed by atoms with van der Waals surface area (Å²) in [7, 11) is 0. The highest BCUT2D eigenvalue weighted by atomic mass is 35.5. The van der Waals surface area contributed by atoms with Gasteiger partial charge in [-0.15, -0.1) is 0 Å². The van der Waals surface area contributed by atoms with Gasteiger partial charge >= 0.3 is 0 Å². The molecule has 0 aliphatic carbocycles. The molecule has 0 heterocycles. The summed E-state index contributed by atoms with van der Waals surface area (Å²) in [4.78, 5) is 25.2. The minimum Gasteiger partial charge on any atom is -0.488 e. The molecule has 1 unspecified atom stereocenters. The fourth-order valence-electron chi connectivity index (χ4n) is 3.11. The lowest BCUT2D eigenvalue weighted by atomic mass is 10.0. The molecule has 0 bridgehead atoms. The Morgan fingerprint density at radius 1 is 1.00 bits per heavy atom. The summed E-state index contributed by atoms with van der Waals surface area (Å²) in [5.74, 6) is -0.386. The highest BCUT2D eigenvalue weighted by Gasteiger charge is 2.24. The minimum atomic E-state index is -0.764. The van der Waals surface area contributed by atoms with Crippen LogP contribution in [0.25, 0.3) is 0 Å². The quantitative estimate of drug-likeness (QED) is 0.303. The predicted molar refractivity (Wildman–Crippen MR) is 136 cm³/mol. The number of amides is 2. The molecule has 8 heteroatoms. The zero-order valence-electron chi connectivity index (χ0n) is 18.8. The van der Waals surface area contributed by atoms with Gasteiger partial charge < -0.3 is 10.1 Å². The molecule has 3 aromatic rings. The average molecular weight is 498 g/mol. The Morgan fingerprint density at radius 2 is 1.71 bits per heavy atom. The van der Waals surface area contributed by atoms with E-state index in [-0.39, 0.29) is 18.4 Å². The number of hydrogen-bond donors (Lipinski definition) is 2. The smallest absolute Gasteiger partial charge is 0.262 e. The first-order valence-electron chi connectivity index (χ1n) is 10.7. The van der Waals surface area contributed by atoms with Crippen LogP contribution in [0.1, 0.15) is 35.3 Å². The summed E-state index contributed by atoms with van der Waals surface area (Å²) in [5, 5.41) is 7.92. The second kappa shape index (κ2) is 12.2. The van der Waals surface area contributed by atoms with Crippen LogP contribution in [-0.4, -0.2) is 24.1 Å². The molecule has 0 aliphatic rings. The number of nitrogens with zero attached hydrogens (tertiary/aromatic N) is 1. The molecule has 0 spiro atoms. The maximum absolute atomic E-state index is 12.7. The van der Waals surface area contributed by atoms with E-state index in [4.69, 9.17) is 27.9 Å². The van der Waals surface area contributed by atoms with Crippen molar-refractivity contribution in [2.45, 2.75) is 26.5 Å². The van der Waals surface area contributed by atoms with Crippen LogP contribution in [0.3, 0.4) is 0 Å². The van der Waals surface area contributed by atoms with Gasteiger partial charge in [0.05, 0.1) is 6.21 Å². The molecular formula is C26H25Cl2N3O3. The summed E-state index contributed by atoms with van der Waals surface area (Å²) in [6.07, 6.45) is 1.45. The molecule has 0 saturated heterocycles. The predicted octanol–water partition coefficient (Wildman–Crippen LogP) is 5.48. The Labute approximate surface area is 208 Å². The Bertz CT molecular complexity index is 1170. The molecule has 0 aromatic heterocycles. The van der Waals surface area contributed by atoms with E-state index < -0.39 is 11.9 Å². The van der Waals surface area contributed by atoms with Crippen LogP contribution in [0.15, 0.2) is 77.9 Å². The van der Waals surface area contributed by atoms with Crippen molar-refractivity contribution in [2.75, 3.05) is 0 Å². The van der Waals surface area contributed by atoms with Gasteiger partial charge in [0.15, 0.2) is 0 Å². The third-order valence-electron chi connectivity index (χ3n) is 4.96. The van der Waals surface area contributed by atoms with Crippen molar-refractivity contribution in [1.29, 1.82) is 0 Å². The van der Waals surface area contributed by atoms with Crippen LogP contribution in [0.4, 0.5) is 0 Å². The zero-order valence-corrected chi connectivity index (χ0v) is 20.3. The van der Waals surface area contributed by atoms with Crippen molar-refractivity contribution in [3.05, 3.63) is 99.5 Å². The molecule has 0 fully saturated rings. The van der Waals surface area contributed by atoms with Crippen molar-refractivity contribution in [3.8, 4) is 5.75 Å². The Morgan fingerprint density at radius 3 is 2.41 bits per heavy atom. The van der Waals surface area contributed by atoms with Gasteiger partial charge in [0.1, 0.15) is 18.4 Å². The molecule has 0 radical (unpaired) electrons. The van der Waals surface area contributed by atoms with Crippen LogP contribution in [0.5, 0.6) is 5.75 Å². The molecule has 2 N–H and O–H groups in total. The first-order chi connectivity index (χ1) is 16.3. The van der Waals surface area contributed by atoms with E-state index in [0.717, 1.165) is 5.56 Å². The summed E-state index contributed by atoms with van der Waals surface area (Å²) >= 11 is 12.3. The van der Waals surface area contributed by atoms with Crippen molar-refractivity contribution in [1.82, 2.24) is 10.7 Å². The van der Waals surface area contributed by atoms with E-state index in [9.17, 15) is 9.59 Å². The Balaban J connectivity index is 1.67.